The van der Waals surface area contributed by atoms with E-state index in [0.717, 1.165) is 0 Å². The van der Waals surface area contributed by atoms with Crippen LogP contribution in [0.3, 0.4) is 0 Å². The van der Waals surface area contributed by atoms with Crippen LogP contribution in [0.4, 0.5) is 10.1 Å². The summed E-state index contributed by atoms with van der Waals surface area (Å²) in [5, 5.41) is 0.494. The van der Waals surface area contributed by atoms with E-state index >= 15 is 0 Å². The van der Waals surface area contributed by atoms with Crippen LogP contribution >= 0.6 is 0 Å². The molecule has 28 heavy (non-hydrogen) atoms. The number of nitrogen functional groups attached to an aromatic ring is 1. The second-order valence-electron chi connectivity index (χ2n) is 9.02. The summed E-state index contributed by atoms with van der Waals surface area (Å²) in [5.41, 5.74) is 7.22. The summed E-state index contributed by atoms with van der Waals surface area (Å²) in [7, 11) is 12.0. The summed E-state index contributed by atoms with van der Waals surface area (Å²) < 4.78 is 14.5. The van der Waals surface area contributed by atoms with Crippen molar-refractivity contribution in [2.45, 2.75) is 29.3 Å². The minimum atomic E-state index is -1.32. The molecule has 1 aliphatic heterocycles. The summed E-state index contributed by atoms with van der Waals surface area (Å²) in [6.07, 6.45) is 0.704. The second kappa shape index (κ2) is 6.81. The number of imide groups is 1. The van der Waals surface area contributed by atoms with E-state index in [-0.39, 0.29) is 23.8 Å². The Morgan fingerprint density at radius 1 is 1.21 bits per heavy atom. The van der Waals surface area contributed by atoms with Gasteiger partial charge >= 0.3 is 0 Å². The van der Waals surface area contributed by atoms with E-state index in [1.807, 2.05) is 0 Å². The first-order chi connectivity index (χ1) is 12.6. The topological polar surface area (TPSA) is 92.5 Å². The van der Waals surface area contributed by atoms with Crippen molar-refractivity contribution in [1.82, 2.24) is 10.2 Å². The van der Waals surface area contributed by atoms with Gasteiger partial charge in [0.25, 0.3) is 0 Å². The Hall–Kier alpha value is -1.99. The average molecular weight is 376 g/mol. The fourth-order valence-electron chi connectivity index (χ4n) is 4.46. The molecule has 1 aliphatic rings. The molecule has 0 unspecified atom stereocenters. The third-order valence-corrected chi connectivity index (χ3v) is 6.69. The van der Waals surface area contributed by atoms with Crippen molar-refractivity contribution in [3.8, 4) is 0 Å². The lowest BCUT2D eigenvalue weighted by atomic mass is 9.35. The first-order valence-corrected chi connectivity index (χ1v) is 9.28. The molecule has 0 bridgehead atoms. The summed E-state index contributed by atoms with van der Waals surface area (Å²) in [5.74, 6) is -1.29. The van der Waals surface area contributed by atoms with Crippen LogP contribution < -0.4 is 22.0 Å². The number of piperidine rings is 1. The number of carbonyl (C=O) groups is 3. The third-order valence-electron chi connectivity index (χ3n) is 6.69. The van der Waals surface area contributed by atoms with Crippen LogP contribution in [-0.2, 0) is 19.7 Å². The summed E-state index contributed by atoms with van der Waals surface area (Å²) >= 11 is 0. The van der Waals surface area contributed by atoms with Crippen LogP contribution in [0.2, 0.25) is 5.21 Å². The molecule has 0 aromatic heterocycles. The molecule has 0 radical (unpaired) electrons. The molecular weight excluding hydrogens is 353 g/mol. The highest BCUT2D eigenvalue weighted by atomic mass is 19.1. The number of halogens is 1. The van der Waals surface area contributed by atoms with Crippen molar-refractivity contribution in [1.29, 1.82) is 0 Å². The van der Waals surface area contributed by atoms with Gasteiger partial charge in [0.05, 0.1) is 5.44 Å². The highest BCUT2D eigenvalue weighted by Crippen LogP contribution is 2.45. The van der Waals surface area contributed by atoms with Crippen LogP contribution in [-0.4, -0.2) is 83.5 Å². The summed E-state index contributed by atoms with van der Waals surface area (Å²) in [4.78, 5) is 38.7. The van der Waals surface area contributed by atoms with Gasteiger partial charge in [-0.2, -0.15) is 0 Å². The lowest BCUT2D eigenvalue weighted by molar-refractivity contribution is -0.146. The molecule has 0 spiro atoms. The molecule has 1 saturated heterocycles. The lowest BCUT2D eigenvalue weighted by Gasteiger charge is -2.57. The number of nitrogens with zero attached hydrogens (tertiary/aromatic N) is 1. The van der Waals surface area contributed by atoms with Crippen molar-refractivity contribution in [2.24, 2.45) is 0 Å². The number of hydrogen-bond acceptors (Lipinski definition) is 4. The van der Waals surface area contributed by atoms with Gasteiger partial charge < -0.3 is 10.6 Å². The molecule has 1 aromatic carbocycles. The van der Waals surface area contributed by atoms with Crippen molar-refractivity contribution in [3.63, 3.8) is 0 Å². The van der Waals surface area contributed by atoms with Gasteiger partial charge in [0.2, 0.25) is 18.2 Å². The average Bonchev–Trinajstić information content (AvgIpc) is 2.56. The van der Waals surface area contributed by atoms with E-state index in [2.05, 4.69) is 5.32 Å². The van der Waals surface area contributed by atoms with Crippen molar-refractivity contribution >= 4 is 89.8 Å². The van der Waals surface area contributed by atoms with E-state index in [0.29, 0.717) is 28.5 Å². The Kier molecular flexibility index (Phi) is 5.43. The Balaban J connectivity index is 2.79. The molecule has 140 valence electrons. The Labute approximate surface area is 171 Å². The maximum atomic E-state index is 14.5. The fraction of sp³-hybridized carbons (Fsp3) is 0.357. The number of nitrogens with one attached hydrogen (secondary N) is 1. The number of anilines is 1. The summed E-state index contributed by atoms with van der Waals surface area (Å²) in [6.45, 7) is 1.76. The third kappa shape index (κ3) is 2.92. The van der Waals surface area contributed by atoms with Crippen LogP contribution in [0.1, 0.15) is 17.5 Å². The molecule has 1 heterocycles. The quantitative estimate of drug-likeness (QED) is 0.236. The molecule has 6 nitrogen and oxygen atoms in total. The highest BCUT2D eigenvalue weighted by molar-refractivity contribution is 6.53. The SMILES string of the molecule is Bc1c(C)c(C(B)(B)N(C=O)[C@]2(B)C(=O)NC(=O)CC2(B)B)c(N)c(B)c1F. The number of hydrogen-bond donors (Lipinski definition) is 2. The normalized spacial score (nSPS) is 21.8. The molecule has 0 aliphatic carbocycles. The fourth-order valence-corrected chi connectivity index (χ4v) is 4.46. The predicted octanol–water partition coefficient (Wildman–Crippen LogP) is -8.17. The number of nitrogens with two attached hydrogens (primary N) is 1. The second-order valence-corrected chi connectivity index (χ2v) is 9.02. The number of rotatable bonds is 4. The van der Waals surface area contributed by atoms with Crippen LogP contribution in [0.15, 0.2) is 0 Å². The van der Waals surface area contributed by atoms with Gasteiger partial charge in [-0.1, -0.05) is 10.7 Å². The van der Waals surface area contributed by atoms with Crippen LogP contribution in [0.25, 0.3) is 0 Å². The van der Waals surface area contributed by atoms with E-state index in [1.54, 1.807) is 61.8 Å². The minimum absolute atomic E-state index is 0.0889. The first-order valence-electron chi connectivity index (χ1n) is 9.28. The van der Waals surface area contributed by atoms with E-state index in [4.69, 9.17) is 5.73 Å². The van der Waals surface area contributed by atoms with Crippen molar-refractivity contribution in [2.75, 3.05) is 5.73 Å². The van der Waals surface area contributed by atoms with Gasteiger partial charge in [-0.05, 0) is 23.5 Å². The molecule has 0 saturated carbocycles. The standard InChI is InChI=1S/C14H23B7FN3O3/c1-4-6(10(23)8(16)9(22)7(4)15)14(20,21)25(3-26)13(19)11(28)24-5(27)2-12(13,17)18/h3H,2,15-21,23H2,1H3,(H,24,27,28)/t13-/m1/s1. The highest BCUT2D eigenvalue weighted by Gasteiger charge is 2.57. The van der Waals surface area contributed by atoms with Gasteiger partial charge in [0.15, 0.2) is 0 Å². The van der Waals surface area contributed by atoms with Crippen LogP contribution in [0.5, 0.6) is 0 Å². The summed E-state index contributed by atoms with van der Waals surface area (Å²) in [6, 6.07) is 0. The molecule has 3 N–H and O–H groups in total. The smallest absolute Gasteiger partial charge is 0.242 e. The molecule has 1 atom stereocenters. The zero-order valence-electron chi connectivity index (χ0n) is 17.9. The van der Waals surface area contributed by atoms with E-state index in [9.17, 15) is 18.8 Å². The zero-order valence-corrected chi connectivity index (χ0v) is 17.9. The van der Waals surface area contributed by atoms with Crippen LogP contribution in [0, 0.1) is 12.7 Å². The molecule has 1 aromatic rings. The van der Waals surface area contributed by atoms with E-state index in [1.165, 1.54) is 4.90 Å². The Morgan fingerprint density at radius 2 is 1.75 bits per heavy atom. The monoisotopic (exact) mass is 377 g/mol. The van der Waals surface area contributed by atoms with Gasteiger partial charge in [-0.25, -0.2) is 4.39 Å². The van der Waals surface area contributed by atoms with Gasteiger partial charge in [-0.3, -0.25) is 19.7 Å². The lowest BCUT2D eigenvalue weighted by Crippen LogP contribution is -2.74. The van der Waals surface area contributed by atoms with Crippen molar-refractivity contribution < 1.29 is 18.8 Å². The maximum absolute atomic E-state index is 14.5. The van der Waals surface area contributed by atoms with Crippen molar-refractivity contribution in [3.05, 3.63) is 16.9 Å². The van der Waals surface area contributed by atoms with Gasteiger partial charge in [-0.15, -0.1) is 0 Å². The molecule has 14 heteroatoms. The largest absolute Gasteiger partial charge is 0.399 e. The molecular formula is C14H23B7FN3O3. The van der Waals surface area contributed by atoms with Gasteiger partial charge in [0.1, 0.15) is 60.7 Å². The number of carbonyl (C=O) groups excluding carboxylic acids is 3. The molecule has 2 rings (SSSR count). The van der Waals surface area contributed by atoms with E-state index < -0.39 is 21.9 Å². The first kappa shape index (κ1) is 22.3. The zero-order chi connectivity index (χ0) is 21.8. The minimum Gasteiger partial charge on any atom is -0.399 e. The molecule has 3 amide bonds. The maximum Gasteiger partial charge on any atom is 0.242 e. The molecule has 1 fully saturated rings. The Morgan fingerprint density at radius 3 is 2.21 bits per heavy atom. The predicted molar refractivity (Wildman–Crippen MR) is 127 cm³/mol. The Bertz CT molecular complexity index is 866. The van der Waals surface area contributed by atoms with Gasteiger partial charge in [0, 0.05) is 17.4 Å². The number of benzene rings is 1. The number of amides is 3.